The largest absolute Gasteiger partial charge is 0.435 e. The Labute approximate surface area is 117 Å². The summed E-state index contributed by atoms with van der Waals surface area (Å²) in [5.41, 5.74) is -1.21. The Morgan fingerprint density at radius 3 is 2.48 bits per heavy atom. The number of rotatable bonds is 3. The van der Waals surface area contributed by atoms with Gasteiger partial charge in [-0.1, -0.05) is 12.1 Å². The molecule has 0 atom stereocenters. The summed E-state index contributed by atoms with van der Waals surface area (Å²) < 4.78 is 51.8. The van der Waals surface area contributed by atoms with Gasteiger partial charge in [-0.3, -0.25) is 9.48 Å². The Hall–Kier alpha value is -2.38. The van der Waals surface area contributed by atoms with Crippen molar-refractivity contribution < 1.29 is 22.4 Å². The fraction of sp³-hybridized carbons (Fsp3) is 0.231. The monoisotopic (exact) mass is 301 g/mol. The molecule has 0 spiro atoms. The van der Waals surface area contributed by atoms with Crippen molar-refractivity contribution in [2.24, 2.45) is 7.05 Å². The number of nitrogens with one attached hydrogen (secondary N) is 1. The molecule has 0 aliphatic rings. The SMILES string of the molecule is Cn1cc(C(=O)NCc2ccc(F)cc2)c(C(F)(F)F)n1. The number of hydrogen-bond donors (Lipinski definition) is 1. The van der Waals surface area contributed by atoms with Gasteiger partial charge in [0.2, 0.25) is 0 Å². The third-order valence-corrected chi connectivity index (χ3v) is 2.71. The molecule has 2 rings (SSSR count). The maximum atomic E-state index is 12.7. The van der Waals surface area contributed by atoms with Crippen LogP contribution in [0.5, 0.6) is 0 Å². The number of carbonyl (C=O) groups excluding carboxylic acids is 1. The summed E-state index contributed by atoms with van der Waals surface area (Å²) in [7, 11) is 1.30. The molecule has 4 nitrogen and oxygen atoms in total. The molecule has 0 radical (unpaired) electrons. The molecular weight excluding hydrogens is 290 g/mol. The molecule has 0 aliphatic heterocycles. The topological polar surface area (TPSA) is 46.9 Å². The lowest BCUT2D eigenvalue weighted by Gasteiger charge is -2.07. The molecule has 0 unspecified atom stereocenters. The maximum absolute atomic E-state index is 12.7. The molecule has 0 aliphatic carbocycles. The number of hydrogen-bond acceptors (Lipinski definition) is 2. The Kier molecular flexibility index (Phi) is 3.97. The summed E-state index contributed by atoms with van der Waals surface area (Å²) in [6.45, 7) is -0.00863. The van der Waals surface area contributed by atoms with Crippen LogP contribution in [-0.4, -0.2) is 15.7 Å². The normalized spacial score (nSPS) is 11.5. The van der Waals surface area contributed by atoms with E-state index in [9.17, 15) is 22.4 Å². The van der Waals surface area contributed by atoms with E-state index in [1.54, 1.807) is 0 Å². The molecule has 1 aromatic carbocycles. The minimum Gasteiger partial charge on any atom is -0.348 e. The maximum Gasteiger partial charge on any atom is 0.435 e. The van der Waals surface area contributed by atoms with E-state index in [2.05, 4.69) is 10.4 Å². The highest BCUT2D eigenvalue weighted by Gasteiger charge is 2.38. The highest BCUT2D eigenvalue weighted by molar-refractivity contribution is 5.95. The van der Waals surface area contributed by atoms with Gasteiger partial charge in [-0.15, -0.1) is 0 Å². The molecule has 0 bridgehead atoms. The van der Waals surface area contributed by atoms with E-state index in [-0.39, 0.29) is 6.54 Å². The molecule has 2 aromatic rings. The van der Waals surface area contributed by atoms with Gasteiger partial charge in [0.15, 0.2) is 5.69 Å². The van der Waals surface area contributed by atoms with Crippen LogP contribution >= 0.6 is 0 Å². The van der Waals surface area contributed by atoms with Crippen LogP contribution in [0.1, 0.15) is 21.6 Å². The third kappa shape index (κ3) is 3.59. The van der Waals surface area contributed by atoms with Gasteiger partial charge in [0.1, 0.15) is 5.82 Å². The van der Waals surface area contributed by atoms with Gasteiger partial charge in [0.25, 0.3) is 5.91 Å². The Morgan fingerprint density at radius 1 is 1.29 bits per heavy atom. The average Bonchev–Trinajstić information content (AvgIpc) is 2.80. The molecule has 1 aromatic heterocycles. The summed E-state index contributed by atoms with van der Waals surface area (Å²) in [4.78, 5) is 11.8. The number of aryl methyl sites for hydroxylation is 1. The first-order chi connectivity index (χ1) is 9.77. The zero-order valence-corrected chi connectivity index (χ0v) is 10.9. The van der Waals surface area contributed by atoms with Crippen LogP contribution in [0.2, 0.25) is 0 Å². The van der Waals surface area contributed by atoms with Crippen LogP contribution < -0.4 is 5.32 Å². The molecule has 1 amide bonds. The van der Waals surface area contributed by atoms with Crippen molar-refractivity contribution in [1.29, 1.82) is 0 Å². The molecule has 1 heterocycles. The van der Waals surface area contributed by atoms with E-state index in [4.69, 9.17) is 0 Å². The van der Waals surface area contributed by atoms with E-state index in [1.807, 2.05) is 0 Å². The van der Waals surface area contributed by atoms with Gasteiger partial charge in [0, 0.05) is 19.8 Å². The quantitative estimate of drug-likeness (QED) is 0.886. The minimum absolute atomic E-state index is 0.00863. The van der Waals surface area contributed by atoms with Gasteiger partial charge in [-0.05, 0) is 17.7 Å². The third-order valence-electron chi connectivity index (χ3n) is 2.71. The lowest BCUT2D eigenvalue weighted by atomic mass is 10.2. The fourth-order valence-corrected chi connectivity index (χ4v) is 1.74. The second kappa shape index (κ2) is 5.55. The van der Waals surface area contributed by atoms with Gasteiger partial charge in [-0.25, -0.2) is 4.39 Å². The fourth-order valence-electron chi connectivity index (χ4n) is 1.74. The lowest BCUT2D eigenvalue weighted by molar-refractivity contribution is -0.141. The van der Waals surface area contributed by atoms with Gasteiger partial charge in [-0.2, -0.15) is 18.3 Å². The van der Waals surface area contributed by atoms with Crippen molar-refractivity contribution >= 4 is 5.91 Å². The Bertz CT molecular complexity index is 646. The number of nitrogens with zero attached hydrogens (tertiary/aromatic N) is 2. The van der Waals surface area contributed by atoms with Crippen LogP contribution in [0, 0.1) is 5.82 Å². The van der Waals surface area contributed by atoms with Crippen LogP contribution in [0.3, 0.4) is 0 Å². The summed E-state index contributed by atoms with van der Waals surface area (Å²) >= 11 is 0. The molecule has 0 saturated heterocycles. The number of amides is 1. The molecule has 21 heavy (non-hydrogen) atoms. The van der Waals surface area contributed by atoms with Crippen LogP contribution in [0.4, 0.5) is 17.6 Å². The molecule has 0 fully saturated rings. The predicted octanol–water partition coefficient (Wildman–Crippen LogP) is 2.51. The zero-order valence-electron chi connectivity index (χ0n) is 10.9. The summed E-state index contributed by atoms with van der Waals surface area (Å²) in [6, 6.07) is 5.27. The number of benzene rings is 1. The smallest absolute Gasteiger partial charge is 0.348 e. The number of halogens is 4. The van der Waals surface area contributed by atoms with Crippen molar-refractivity contribution in [2.75, 3.05) is 0 Å². The Balaban J connectivity index is 2.12. The summed E-state index contributed by atoms with van der Waals surface area (Å²) in [5.74, 6) is -1.32. The van der Waals surface area contributed by atoms with Crippen molar-refractivity contribution in [3.63, 3.8) is 0 Å². The predicted molar refractivity (Wildman–Crippen MR) is 65.8 cm³/mol. The summed E-state index contributed by atoms with van der Waals surface area (Å²) in [5, 5.41) is 5.60. The second-order valence-corrected chi connectivity index (χ2v) is 4.37. The van der Waals surface area contributed by atoms with Crippen molar-refractivity contribution in [1.82, 2.24) is 15.1 Å². The van der Waals surface area contributed by atoms with Crippen LogP contribution in [0.15, 0.2) is 30.5 Å². The highest BCUT2D eigenvalue weighted by Crippen LogP contribution is 2.30. The van der Waals surface area contributed by atoms with E-state index >= 15 is 0 Å². The van der Waals surface area contributed by atoms with E-state index in [0.717, 1.165) is 10.9 Å². The summed E-state index contributed by atoms with van der Waals surface area (Å²) in [6.07, 6.45) is -3.70. The number of aromatic nitrogens is 2. The van der Waals surface area contributed by atoms with E-state index < -0.39 is 29.2 Å². The molecular formula is C13H11F4N3O. The van der Waals surface area contributed by atoms with Crippen molar-refractivity contribution in [2.45, 2.75) is 12.7 Å². The van der Waals surface area contributed by atoms with E-state index in [1.165, 1.54) is 31.3 Å². The minimum atomic E-state index is -4.70. The Morgan fingerprint density at radius 2 is 1.90 bits per heavy atom. The average molecular weight is 301 g/mol. The molecule has 8 heteroatoms. The molecule has 1 N–H and O–H groups in total. The van der Waals surface area contributed by atoms with Gasteiger partial charge < -0.3 is 5.32 Å². The van der Waals surface area contributed by atoms with Crippen molar-refractivity contribution in [3.05, 3.63) is 53.1 Å². The first-order valence-electron chi connectivity index (χ1n) is 5.91. The van der Waals surface area contributed by atoms with Gasteiger partial charge >= 0.3 is 6.18 Å². The van der Waals surface area contributed by atoms with E-state index in [0.29, 0.717) is 5.56 Å². The number of alkyl halides is 3. The van der Waals surface area contributed by atoms with Crippen molar-refractivity contribution in [3.8, 4) is 0 Å². The number of carbonyl (C=O) groups is 1. The first-order valence-corrected chi connectivity index (χ1v) is 5.91. The zero-order chi connectivity index (χ0) is 15.6. The first kappa shape index (κ1) is 15.0. The van der Waals surface area contributed by atoms with Crippen LogP contribution in [0.25, 0.3) is 0 Å². The molecule has 112 valence electrons. The second-order valence-electron chi connectivity index (χ2n) is 4.37. The molecule has 0 saturated carbocycles. The lowest BCUT2D eigenvalue weighted by Crippen LogP contribution is -2.25. The standard InChI is InChI=1S/C13H11F4N3O/c1-20-7-10(11(19-20)13(15,16)17)12(21)18-6-8-2-4-9(14)5-3-8/h2-5,7H,6H2,1H3,(H,18,21). The van der Waals surface area contributed by atoms with Crippen LogP contribution in [-0.2, 0) is 19.8 Å². The van der Waals surface area contributed by atoms with Gasteiger partial charge in [0.05, 0.1) is 5.56 Å². The highest BCUT2D eigenvalue weighted by atomic mass is 19.4.